The van der Waals surface area contributed by atoms with Gasteiger partial charge in [0.05, 0.1) is 17.0 Å². The maximum Gasteiger partial charge on any atom is 0.194 e. The van der Waals surface area contributed by atoms with Gasteiger partial charge in [-0.1, -0.05) is 24.3 Å². The topological polar surface area (TPSA) is 65.0 Å². The van der Waals surface area contributed by atoms with Gasteiger partial charge in [-0.2, -0.15) is 0 Å². The molecule has 0 amide bonds. The van der Waals surface area contributed by atoms with Gasteiger partial charge in [-0.15, -0.1) is 24.0 Å². The second-order valence-electron chi connectivity index (χ2n) is 7.68. The summed E-state index contributed by atoms with van der Waals surface area (Å²) in [5.74, 6) is 0.955. The van der Waals surface area contributed by atoms with Gasteiger partial charge in [-0.25, -0.2) is 13.4 Å². The lowest BCUT2D eigenvalue weighted by Crippen LogP contribution is -2.57. The summed E-state index contributed by atoms with van der Waals surface area (Å²) in [6.45, 7) is 8.77. The van der Waals surface area contributed by atoms with Crippen LogP contribution in [0.3, 0.4) is 0 Å². The summed E-state index contributed by atoms with van der Waals surface area (Å²) in [6.07, 6.45) is 0. The van der Waals surface area contributed by atoms with Crippen LogP contribution in [0.1, 0.15) is 31.9 Å². The Balaban J connectivity index is 0.00000364. The van der Waals surface area contributed by atoms with Gasteiger partial charge < -0.3 is 15.1 Å². The van der Waals surface area contributed by atoms with E-state index in [1.807, 2.05) is 13.0 Å². The molecule has 1 aromatic carbocycles. The number of aliphatic imine (C=N–C) groups is 1. The summed E-state index contributed by atoms with van der Waals surface area (Å²) >= 11 is 0. The number of halogens is 1. The smallest absolute Gasteiger partial charge is 0.194 e. The highest BCUT2D eigenvalue weighted by molar-refractivity contribution is 14.0. The van der Waals surface area contributed by atoms with Crippen molar-refractivity contribution in [3.8, 4) is 0 Å². The molecular weight excluding hydrogens is 475 g/mol. The summed E-state index contributed by atoms with van der Waals surface area (Å²) in [6, 6.07) is 8.33. The second kappa shape index (κ2) is 10.1. The first-order valence-electron chi connectivity index (χ1n) is 9.13. The van der Waals surface area contributed by atoms with Crippen molar-refractivity contribution in [2.75, 3.05) is 39.5 Å². The molecule has 0 spiro atoms. The van der Waals surface area contributed by atoms with Crippen LogP contribution in [0.25, 0.3) is 0 Å². The highest BCUT2D eigenvalue weighted by Crippen LogP contribution is 2.24. The molecule has 1 saturated heterocycles. The lowest BCUT2D eigenvalue weighted by Gasteiger charge is -2.39. The van der Waals surface area contributed by atoms with E-state index in [9.17, 15) is 8.42 Å². The van der Waals surface area contributed by atoms with Crippen molar-refractivity contribution in [2.24, 2.45) is 4.99 Å². The van der Waals surface area contributed by atoms with Crippen molar-refractivity contribution < 1.29 is 8.42 Å². The minimum absolute atomic E-state index is 0. The highest BCUT2D eigenvalue weighted by Gasteiger charge is 2.40. The van der Waals surface area contributed by atoms with Crippen molar-refractivity contribution in [1.29, 1.82) is 0 Å². The Hall–Kier alpha value is -0.870. The molecule has 6 nitrogen and oxygen atoms in total. The van der Waals surface area contributed by atoms with E-state index in [0.29, 0.717) is 19.6 Å². The zero-order chi connectivity index (χ0) is 19.4. The zero-order valence-corrected chi connectivity index (χ0v) is 20.2. The molecule has 8 heteroatoms. The molecular formula is C19H33IN4O2S. The Bertz CT molecular complexity index is 748. The number of hydrogen-bond donors (Lipinski definition) is 1. The average Bonchev–Trinajstić information content (AvgIpc) is 2.55. The fraction of sp³-hybridized carbons (Fsp3) is 0.632. The Kier molecular flexibility index (Phi) is 9.01. The fourth-order valence-electron chi connectivity index (χ4n) is 3.12. The molecule has 2 rings (SSSR count). The van der Waals surface area contributed by atoms with Crippen molar-refractivity contribution in [2.45, 2.75) is 38.6 Å². The lowest BCUT2D eigenvalue weighted by atomic mass is 10.1. The van der Waals surface area contributed by atoms with Crippen LogP contribution in [-0.4, -0.2) is 68.4 Å². The second-order valence-corrected chi connectivity index (χ2v) is 10.4. The maximum atomic E-state index is 12.3. The molecule has 0 bridgehead atoms. The molecule has 1 aromatic rings. The van der Waals surface area contributed by atoms with Gasteiger partial charge in [0.2, 0.25) is 0 Å². The molecule has 0 atom stereocenters. The van der Waals surface area contributed by atoms with Crippen LogP contribution >= 0.6 is 24.0 Å². The first-order chi connectivity index (χ1) is 12.2. The molecule has 0 saturated carbocycles. The first kappa shape index (κ1) is 24.2. The molecule has 1 fully saturated rings. The monoisotopic (exact) mass is 508 g/mol. The average molecular weight is 508 g/mol. The lowest BCUT2D eigenvalue weighted by molar-refractivity contribution is 0.353. The van der Waals surface area contributed by atoms with Crippen LogP contribution in [0, 0.1) is 0 Å². The SMILES string of the molecule is CCNC(=NCc1ccccc1CN(C)C)N1CCS(=O)(=O)C(C)(C)C1.I. The fourth-order valence-corrected chi connectivity index (χ4v) is 4.48. The van der Waals surface area contributed by atoms with Crippen molar-refractivity contribution in [3.05, 3.63) is 35.4 Å². The minimum atomic E-state index is -3.06. The number of hydrogen-bond acceptors (Lipinski definition) is 4. The van der Waals surface area contributed by atoms with E-state index in [2.05, 4.69) is 47.4 Å². The van der Waals surface area contributed by atoms with Crippen LogP contribution in [-0.2, 0) is 22.9 Å². The molecule has 0 radical (unpaired) electrons. The molecule has 154 valence electrons. The predicted octanol–water partition coefficient (Wildman–Crippen LogP) is 2.34. The van der Waals surface area contributed by atoms with Gasteiger partial charge in [0.15, 0.2) is 15.8 Å². The minimum Gasteiger partial charge on any atom is -0.357 e. The quantitative estimate of drug-likeness (QED) is 0.376. The summed E-state index contributed by atoms with van der Waals surface area (Å²) in [7, 11) is 1.05. The number of rotatable bonds is 5. The van der Waals surface area contributed by atoms with E-state index in [1.54, 1.807) is 13.8 Å². The number of nitrogens with one attached hydrogen (secondary N) is 1. The van der Waals surface area contributed by atoms with Crippen LogP contribution in [0.2, 0.25) is 0 Å². The largest absolute Gasteiger partial charge is 0.357 e. The van der Waals surface area contributed by atoms with Crippen molar-refractivity contribution in [3.63, 3.8) is 0 Å². The number of guanidine groups is 1. The molecule has 27 heavy (non-hydrogen) atoms. The third kappa shape index (κ3) is 6.32. The van der Waals surface area contributed by atoms with Crippen LogP contribution < -0.4 is 5.32 Å². The van der Waals surface area contributed by atoms with E-state index in [1.165, 1.54) is 11.1 Å². The zero-order valence-electron chi connectivity index (χ0n) is 17.0. The van der Waals surface area contributed by atoms with E-state index in [-0.39, 0.29) is 29.7 Å². The van der Waals surface area contributed by atoms with Gasteiger partial charge in [-0.3, -0.25) is 0 Å². The van der Waals surface area contributed by atoms with Gasteiger partial charge in [0.1, 0.15) is 0 Å². The standard InChI is InChI=1S/C19H32N4O2S.HI/c1-6-20-18(23-11-12-26(24,25)19(2,3)15-23)21-13-16-9-7-8-10-17(16)14-22(4)5;/h7-10H,6,11-15H2,1-5H3,(H,20,21);1H. The number of nitrogens with zero attached hydrogens (tertiary/aromatic N) is 3. The van der Waals surface area contributed by atoms with Gasteiger partial charge in [0.25, 0.3) is 0 Å². The third-order valence-corrected chi connectivity index (χ3v) is 7.22. The third-order valence-electron chi connectivity index (χ3n) is 4.68. The van der Waals surface area contributed by atoms with E-state index >= 15 is 0 Å². The first-order valence-corrected chi connectivity index (χ1v) is 10.8. The molecule has 1 aliphatic rings. The maximum absolute atomic E-state index is 12.3. The normalized spacial score (nSPS) is 18.9. The van der Waals surface area contributed by atoms with Crippen LogP contribution in [0.4, 0.5) is 0 Å². The van der Waals surface area contributed by atoms with E-state index in [0.717, 1.165) is 19.0 Å². The predicted molar refractivity (Wildman–Crippen MR) is 124 cm³/mol. The Labute approximate surface area is 181 Å². The highest BCUT2D eigenvalue weighted by atomic mass is 127. The van der Waals surface area contributed by atoms with E-state index < -0.39 is 14.6 Å². The molecule has 0 aliphatic carbocycles. The molecule has 1 aliphatic heterocycles. The van der Waals surface area contributed by atoms with Crippen LogP contribution in [0.5, 0.6) is 0 Å². The summed E-state index contributed by atoms with van der Waals surface area (Å²) in [5, 5.41) is 3.32. The van der Waals surface area contributed by atoms with Crippen molar-refractivity contribution >= 4 is 39.8 Å². The molecule has 1 N–H and O–H groups in total. The summed E-state index contributed by atoms with van der Waals surface area (Å²) < 4.78 is 23.8. The van der Waals surface area contributed by atoms with Gasteiger partial charge in [-0.05, 0) is 46.0 Å². The van der Waals surface area contributed by atoms with Gasteiger partial charge >= 0.3 is 0 Å². The van der Waals surface area contributed by atoms with Crippen molar-refractivity contribution in [1.82, 2.24) is 15.1 Å². The molecule has 0 aromatic heterocycles. The molecule has 1 heterocycles. The Morgan fingerprint density at radius 1 is 1.26 bits per heavy atom. The summed E-state index contributed by atoms with van der Waals surface area (Å²) in [4.78, 5) is 9.02. The molecule has 0 unspecified atom stereocenters. The number of sulfone groups is 1. The number of benzene rings is 1. The Morgan fingerprint density at radius 2 is 1.89 bits per heavy atom. The summed E-state index contributed by atoms with van der Waals surface area (Å²) in [5.41, 5.74) is 2.46. The van der Waals surface area contributed by atoms with Gasteiger partial charge in [0, 0.05) is 26.2 Å². The van der Waals surface area contributed by atoms with Crippen LogP contribution in [0.15, 0.2) is 29.3 Å². The Morgan fingerprint density at radius 3 is 2.44 bits per heavy atom. The van der Waals surface area contributed by atoms with E-state index in [4.69, 9.17) is 4.99 Å².